The lowest BCUT2D eigenvalue weighted by molar-refractivity contribution is -0.117. The van der Waals surface area contributed by atoms with Crippen LogP contribution in [0.3, 0.4) is 0 Å². The number of fused-ring (bicyclic) bond motifs is 1. The molecule has 2 aromatic heterocycles. The number of nitrogens with zero attached hydrogens (tertiary/aromatic N) is 1. The smallest absolute Gasteiger partial charge is 0.336 e. The quantitative estimate of drug-likeness (QED) is 0.528. The van der Waals surface area contributed by atoms with E-state index in [1.54, 1.807) is 11.8 Å². The van der Waals surface area contributed by atoms with Gasteiger partial charge in [-0.1, -0.05) is 30.8 Å². The second-order valence-corrected chi connectivity index (χ2v) is 8.00. The average Bonchev–Trinajstić information content (AvgIpc) is 2.91. The van der Waals surface area contributed by atoms with Crippen LogP contribution in [0.2, 0.25) is 0 Å². The number of nitrogens with two attached hydrogens (primary N) is 1. The molecule has 1 amide bonds. The van der Waals surface area contributed by atoms with Gasteiger partial charge in [0, 0.05) is 22.1 Å². The van der Waals surface area contributed by atoms with Crippen molar-refractivity contribution in [2.45, 2.75) is 36.8 Å². The minimum atomic E-state index is -0.360. The number of amides is 1. The van der Waals surface area contributed by atoms with Gasteiger partial charge in [-0.2, -0.15) is 0 Å². The largest absolute Gasteiger partial charge is 0.423 e. The van der Waals surface area contributed by atoms with Crippen molar-refractivity contribution in [1.29, 1.82) is 0 Å². The van der Waals surface area contributed by atoms with E-state index in [1.165, 1.54) is 17.4 Å². The molecule has 0 radical (unpaired) electrons. The molecule has 0 bridgehead atoms. The maximum absolute atomic E-state index is 11.9. The molecule has 2 heterocycles. The summed E-state index contributed by atoms with van der Waals surface area (Å²) in [4.78, 5) is 28.3. The zero-order chi connectivity index (χ0) is 18.0. The molecule has 130 valence electrons. The Labute approximate surface area is 153 Å². The van der Waals surface area contributed by atoms with Crippen molar-refractivity contribution in [3.63, 3.8) is 0 Å². The van der Waals surface area contributed by atoms with Crippen LogP contribution in [0.1, 0.15) is 28.6 Å². The number of carbonyl (C=O) groups is 1. The highest BCUT2D eigenvalue weighted by molar-refractivity contribution is 8.00. The summed E-state index contributed by atoms with van der Waals surface area (Å²) >= 11 is 3.02. The Morgan fingerprint density at radius 1 is 1.36 bits per heavy atom. The number of aryl methyl sites for hydroxylation is 2. The number of aromatic nitrogens is 1. The molecule has 25 heavy (non-hydrogen) atoms. The van der Waals surface area contributed by atoms with E-state index < -0.39 is 0 Å². The van der Waals surface area contributed by atoms with E-state index in [2.05, 4.69) is 18.0 Å². The normalized spacial score (nSPS) is 11.1. The topological polar surface area (TPSA) is 86.2 Å². The third kappa shape index (κ3) is 4.11. The summed E-state index contributed by atoms with van der Waals surface area (Å²) in [5, 5.41) is 0.940. The number of hydrogen-bond acceptors (Lipinski definition) is 6. The molecule has 0 aliphatic rings. The highest BCUT2D eigenvalue weighted by Crippen LogP contribution is 2.31. The van der Waals surface area contributed by atoms with Crippen molar-refractivity contribution in [1.82, 2.24) is 4.98 Å². The number of hydrogen-bond donors (Lipinski definition) is 1. The van der Waals surface area contributed by atoms with Gasteiger partial charge in [-0.15, -0.1) is 11.3 Å². The summed E-state index contributed by atoms with van der Waals surface area (Å²) < 4.78 is 6.20. The molecule has 3 rings (SSSR count). The molecule has 0 aliphatic carbocycles. The molecule has 7 heteroatoms. The van der Waals surface area contributed by atoms with Gasteiger partial charge < -0.3 is 10.2 Å². The summed E-state index contributed by atoms with van der Waals surface area (Å²) in [5.74, 6) is 0.248. The third-order valence-electron chi connectivity index (χ3n) is 3.86. The highest BCUT2D eigenvalue weighted by atomic mass is 32.2. The molecular formula is C18H18N2O3S2. The predicted molar refractivity (Wildman–Crippen MR) is 101 cm³/mol. The van der Waals surface area contributed by atoms with Crippen LogP contribution in [0.15, 0.2) is 37.8 Å². The maximum atomic E-state index is 11.9. The van der Waals surface area contributed by atoms with Crippen LogP contribution in [-0.2, 0) is 23.4 Å². The van der Waals surface area contributed by atoms with Crippen LogP contribution < -0.4 is 11.4 Å². The maximum Gasteiger partial charge on any atom is 0.336 e. The van der Waals surface area contributed by atoms with E-state index in [0.717, 1.165) is 37.8 Å². The Kier molecular flexibility index (Phi) is 5.24. The van der Waals surface area contributed by atoms with E-state index in [-0.39, 0.29) is 18.0 Å². The first-order valence-electron chi connectivity index (χ1n) is 7.89. The number of rotatable bonds is 6. The molecule has 0 saturated carbocycles. The number of thiazole rings is 1. The molecule has 2 N–H and O–H groups in total. The standard InChI is InChI=1S/C18H18N2O3S2/c1-3-11-4-5-13-12(7-17(22)23-14(13)6-11)9-24-18-20-10(2)15(25-18)8-16(19)21/h4-7H,3,8-9H2,1-2H3,(H2,19,21). The fraction of sp³-hybridized carbons (Fsp3) is 0.278. The predicted octanol–water partition coefficient (Wildman–Crippen LogP) is 3.44. The van der Waals surface area contributed by atoms with E-state index in [0.29, 0.717) is 11.3 Å². The molecule has 0 spiro atoms. The van der Waals surface area contributed by atoms with Crippen molar-refractivity contribution < 1.29 is 9.21 Å². The lowest BCUT2D eigenvalue weighted by atomic mass is 10.1. The van der Waals surface area contributed by atoms with E-state index >= 15 is 0 Å². The van der Waals surface area contributed by atoms with Gasteiger partial charge in [-0.05, 0) is 30.5 Å². The van der Waals surface area contributed by atoms with Crippen LogP contribution in [-0.4, -0.2) is 10.9 Å². The Morgan fingerprint density at radius 3 is 2.88 bits per heavy atom. The zero-order valence-electron chi connectivity index (χ0n) is 14.0. The third-order valence-corrected chi connectivity index (χ3v) is 6.21. The van der Waals surface area contributed by atoms with Crippen molar-refractivity contribution in [3.05, 3.63) is 56.4 Å². The Hall–Kier alpha value is -2.12. The van der Waals surface area contributed by atoms with Gasteiger partial charge in [0.15, 0.2) is 4.34 Å². The van der Waals surface area contributed by atoms with Crippen LogP contribution in [0.4, 0.5) is 0 Å². The molecule has 0 saturated heterocycles. The van der Waals surface area contributed by atoms with Gasteiger partial charge >= 0.3 is 5.63 Å². The molecule has 3 aromatic rings. The summed E-state index contributed by atoms with van der Waals surface area (Å²) in [6.45, 7) is 3.94. The number of benzene rings is 1. The van der Waals surface area contributed by atoms with Gasteiger partial charge in [0.25, 0.3) is 0 Å². The number of carbonyl (C=O) groups excluding carboxylic acids is 1. The number of thioether (sulfide) groups is 1. The van der Waals surface area contributed by atoms with E-state index in [4.69, 9.17) is 10.2 Å². The summed E-state index contributed by atoms with van der Waals surface area (Å²) in [7, 11) is 0. The van der Waals surface area contributed by atoms with Gasteiger partial charge in [0.2, 0.25) is 5.91 Å². The van der Waals surface area contributed by atoms with Gasteiger partial charge in [-0.3, -0.25) is 4.79 Å². The number of primary amides is 1. The molecular weight excluding hydrogens is 356 g/mol. The first-order valence-corrected chi connectivity index (χ1v) is 9.69. The second-order valence-electron chi connectivity index (χ2n) is 5.69. The Morgan fingerprint density at radius 2 is 2.16 bits per heavy atom. The minimum absolute atomic E-state index is 0.210. The lowest BCUT2D eigenvalue weighted by Crippen LogP contribution is -2.13. The Balaban J connectivity index is 1.86. The minimum Gasteiger partial charge on any atom is -0.423 e. The van der Waals surface area contributed by atoms with Crippen molar-refractivity contribution >= 4 is 40.0 Å². The van der Waals surface area contributed by atoms with Gasteiger partial charge in [0.05, 0.1) is 12.1 Å². The highest BCUT2D eigenvalue weighted by Gasteiger charge is 2.12. The van der Waals surface area contributed by atoms with Crippen LogP contribution >= 0.6 is 23.1 Å². The molecule has 1 aromatic carbocycles. The molecule has 0 aliphatic heterocycles. The lowest BCUT2D eigenvalue weighted by Gasteiger charge is -2.05. The fourth-order valence-electron chi connectivity index (χ4n) is 2.54. The molecule has 0 atom stereocenters. The van der Waals surface area contributed by atoms with E-state index in [1.807, 2.05) is 19.1 Å². The van der Waals surface area contributed by atoms with Gasteiger partial charge in [0.1, 0.15) is 5.58 Å². The first-order chi connectivity index (χ1) is 12.0. The zero-order valence-corrected chi connectivity index (χ0v) is 15.6. The van der Waals surface area contributed by atoms with Crippen LogP contribution in [0, 0.1) is 6.92 Å². The van der Waals surface area contributed by atoms with E-state index in [9.17, 15) is 9.59 Å². The van der Waals surface area contributed by atoms with Crippen LogP contribution in [0.25, 0.3) is 11.0 Å². The fourth-order valence-corrected chi connectivity index (χ4v) is 4.77. The second kappa shape index (κ2) is 7.41. The van der Waals surface area contributed by atoms with Crippen molar-refractivity contribution in [2.24, 2.45) is 5.73 Å². The summed E-state index contributed by atoms with van der Waals surface area (Å²) in [6, 6.07) is 7.50. The summed E-state index contributed by atoms with van der Waals surface area (Å²) in [5.41, 5.74) is 8.41. The molecule has 0 unspecified atom stereocenters. The SMILES string of the molecule is CCc1ccc2c(CSc3nc(C)c(CC(N)=O)s3)cc(=O)oc2c1. The average molecular weight is 374 g/mol. The van der Waals surface area contributed by atoms with Gasteiger partial charge in [-0.25, -0.2) is 9.78 Å². The Bertz CT molecular complexity index is 992. The molecule has 0 fully saturated rings. The monoisotopic (exact) mass is 374 g/mol. The summed E-state index contributed by atoms with van der Waals surface area (Å²) in [6.07, 6.45) is 1.10. The molecule has 5 nitrogen and oxygen atoms in total. The van der Waals surface area contributed by atoms with Crippen molar-refractivity contribution in [2.75, 3.05) is 0 Å². The van der Waals surface area contributed by atoms with Crippen molar-refractivity contribution in [3.8, 4) is 0 Å². The van der Waals surface area contributed by atoms with Crippen LogP contribution in [0.5, 0.6) is 0 Å². The first kappa shape index (κ1) is 17.7.